The molecule has 1 aliphatic heterocycles. The summed E-state index contributed by atoms with van der Waals surface area (Å²) in [5.41, 5.74) is -0.672. The van der Waals surface area contributed by atoms with E-state index in [1.165, 1.54) is 7.05 Å². The molecule has 8 heteroatoms. The number of nitrogens with zero attached hydrogens (tertiary/aromatic N) is 1. The SMILES string of the molecule is CNC(=O)C1COCCN1C(=O)c1c(F)cc(Br)cc1F. The van der Waals surface area contributed by atoms with Crippen LogP contribution in [0.25, 0.3) is 0 Å². The lowest BCUT2D eigenvalue weighted by molar-refractivity contribution is -0.130. The molecule has 1 fully saturated rings. The Bertz CT molecular complexity index is 560. The summed E-state index contributed by atoms with van der Waals surface area (Å²) in [6.45, 7) is 0.288. The zero-order valence-electron chi connectivity index (χ0n) is 11.2. The van der Waals surface area contributed by atoms with Crippen LogP contribution in [0.1, 0.15) is 10.4 Å². The molecule has 114 valence electrons. The third-order valence-corrected chi connectivity index (χ3v) is 3.62. The van der Waals surface area contributed by atoms with Gasteiger partial charge in [0.15, 0.2) is 0 Å². The van der Waals surface area contributed by atoms with E-state index in [1.54, 1.807) is 0 Å². The second kappa shape index (κ2) is 6.48. The Kier molecular flexibility index (Phi) is 4.89. The first-order valence-corrected chi connectivity index (χ1v) is 7.00. The fourth-order valence-corrected chi connectivity index (χ4v) is 2.52. The van der Waals surface area contributed by atoms with Gasteiger partial charge < -0.3 is 15.0 Å². The van der Waals surface area contributed by atoms with Crippen LogP contribution in [0.2, 0.25) is 0 Å². The highest BCUT2D eigenvalue weighted by atomic mass is 79.9. The summed E-state index contributed by atoms with van der Waals surface area (Å²) in [6, 6.07) is 1.11. The van der Waals surface area contributed by atoms with E-state index in [0.29, 0.717) is 0 Å². The highest BCUT2D eigenvalue weighted by Crippen LogP contribution is 2.22. The quantitative estimate of drug-likeness (QED) is 0.862. The van der Waals surface area contributed by atoms with Gasteiger partial charge in [0.1, 0.15) is 23.2 Å². The van der Waals surface area contributed by atoms with Gasteiger partial charge in [-0.2, -0.15) is 0 Å². The van der Waals surface area contributed by atoms with Crippen molar-refractivity contribution >= 4 is 27.7 Å². The van der Waals surface area contributed by atoms with Gasteiger partial charge in [0.25, 0.3) is 5.91 Å². The lowest BCUT2D eigenvalue weighted by atomic mass is 10.1. The van der Waals surface area contributed by atoms with Crippen molar-refractivity contribution in [1.29, 1.82) is 0 Å². The normalized spacial score (nSPS) is 18.5. The van der Waals surface area contributed by atoms with Crippen molar-refractivity contribution in [2.75, 3.05) is 26.8 Å². The summed E-state index contributed by atoms with van der Waals surface area (Å²) in [5, 5.41) is 2.40. The molecule has 0 bridgehead atoms. The standard InChI is InChI=1S/C13H13BrF2N2O3/c1-17-12(19)10-6-21-3-2-18(10)13(20)11-8(15)4-7(14)5-9(11)16/h4-5,10H,2-3,6H2,1H3,(H,17,19). The number of likely N-dealkylation sites (N-methyl/N-ethyl adjacent to an activating group) is 1. The molecule has 0 saturated carbocycles. The number of hydrogen-bond donors (Lipinski definition) is 1. The Morgan fingerprint density at radius 3 is 2.57 bits per heavy atom. The van der Waals surface area contributed by atoms with E-state index >= 15 is 0 Å². The largest absolute Gasteiger partial charge is 0.377 e. The summed E-state index contributed by atoms with van der Waals surface area (Å²) in [6.07, 6.45) is 0. The number of morpholine rings is 1. The smallest absolute Gasteiger partial charge is 0.260 e. The molecule has 5 nitrogen and oxygen atoms in total. The van der Waals surface area contributed by atoms with E-state index in [9.17, 15) is 18.4 Å². The number of amides is 2. The minimum absolute atomic E-state index is 0.00875. The fraction of sp³-hybridized carbons (Fsp3) is 0.385. The van der Waals surface area contributed by atoms with Crippen LogP contribution in [0, 0.1) is 11.6 Å². The van der Waals surface area contributed by atoms with Crippen LogP contribution in [0.3, 0.4) is 0 Å². The maximum Gasteiger partial charge on any atom is 0.260 e. The maximum atomic E-state index is 13.9. The van der Waals surface area contributed by atoms with Gasteiger partial charge in [-0.15, -0.1) is 0 Å². The van der Waals surface area contributed by atoms with E-state index in [2.05, 4.69) is 21.2 Å². The molecule has 1 aromatic rings. The zero-order chi connectivity index (χ0) is 15.6. The second-order valence-corrected chi connectivity index (χ2v) is 5.36. The first kappa shape index (κ1) is 15.8. The Morgan fingerprint density at radius 1 is 1.38 bits per heavy atom. The lowest BCUT2D eigenvalue weighted by Crippen LogP contribution is -2.55. The van der Waals surface area contributed by atoms with Gasteiger partial charge in [0.05, 0.1) is 13.2 Å². The van der Waals surface area contributed by atoms with Crippen LogP contribution in [-0.4, -0.2) is 49.6 Å². The van der Waals surface area contributed by atoms with Crippen LogP contribution in [0.5, 0.6) is 0 Å². The summed E-state index contributed by atoms with van der Waals surface area (Å²) in [5.74, 6) is -3.27. The van der Waals surface area contributed by atoms with Gasteiger partial charge in [-0.3, -0.25) is 9.59 Å². The number of benzene rings is 1. The minimum Gasteiger partial charge on any atom is -0.377 e. The molecule has 2 amide bonds. The highest BCUT2D eigenvalue weighted by molar-refractivity contribution is 9.10. The number of rotatable bonds is 2. The van der Waals surface area contributed by atoms with Crippen LogP contribution in [0.4, 0.5) is 8.78 Å². The van der Waals surface area contributed by atoms with Crippen molar-refractivity contribution in [3.05, 3.63) is 33.8 Å². The summed E-state index contributed by atoms with van der Waals surface area (Å²) in [7, 11) is 1.42. The van der Waals surface area contributed by atoms with Gasteiger partial charge in [0, 0.05) is 18.1 Å². The monoisotopic (exact) mass is 362 g/mol. The van der Waals surface area contributed by atoms with E-state index in [-0.39, 0.29) is 24.2 Å². The van der Waals surface area contributed by atoms with Crippen molar-refractivity contribution in [3.63, 3.8) is 0 Å². The lowest BCUT2D eigenvalue weighted by Gasteiger charge is -2.34. The highest BCUT2D eigenvalue weighted by Gasteiger charge is 2.35. The number of carbonyl (C=O) groups excluding carboxylic acids is 2. The Labute approximate surface area is 128 Å². The van der Waals surface area contributed by atoms with E-state index in [4.69, 9.17) is 4.74 Å². The van der Waals surface area contributed by atoms with Gasteiger partial charge in [-0.05, 0) is 12.1 Å². The zero-order valence-corrected chi connectivity index (χ0v) is 12.7. The molecule has 0 spiro atoms. The summed E-state index contributed by atoms with van der Waals surface area (Å²) < 4.78 is 33.1. The van der Waals surface area contributed by atoms with Gasteiger partial charge in [-0.1, -0.05) is 15.9 Å². The van der Waals surface area contributed by atoms with Crippen molar-refractivity contribution in [3.8, 4) is 0 Å². The maximum absolute atomic E-state index is 13.9. The average Bonchev–Trinajstić information content (AvgIpc) is 2.45. The predicted molar refractivity (Wildman–Crippen MR) is 73.8 cm³/mol. The van der Waals surface area contributed by atoms with Crippen molar-refractivity contribution in [2.24, 2.45) is 0 Å². The van der Waals surface area contributed by atoms with E-state index in [0.717, 1.165) is 17.0 Å². The van der Waals surface area contributed by atoms with Crippen LogP contribution >= 0.6 is 15.9 Å². The minimum atomic E-state index is -0.978. The molecule has 0 aromatic heterocycles. The van der Waals surface area contributed by atoms with Crippen molar-refractivity contribution < 1.29 is 23.1 Å². The van der Waals surface area contributed by atoms with Crippen LogP contribution < -0.4 is 5.32 Å². The molecule has 1 unspecified atom stereocenters. The van der Waals surface area contributed by atoms with Gasteiger partial charge in [-0.25, -0.2) is 8.78 Å². The second-order valence-electron chi connectivity index (χ2n) is 4.45. The fourth-order valence-electron chi connectivity index (χ4n) is 2.12. The van der Waals surface area contributed by atoms with Gasteiger partial charge in [0.2, 0.25) is 5.91 Å². The predicted octanol–water partition coefficient (Wildman–Crippen LogP) is 1.31. The van der Waals surface area contributed by atoms with Crippen LogP contribution in [-0.2, 0) is 9.53 Å². The molecule has 0 aliphatic carbocycles. The Morgan fingerprint density at radius 2 is 2.00 bits per heavy atom. The molecular weight excluding hydrogens is 350 g/mol. The molecule has 1 atom stereocenters. The van der Waals surface area contributed by atoms with E-state index in [1.807, 2.05) is 0 Å². The number of halogens is 3. The molecular formula is C13H13BrF2N2O3. The number of carbonyl (C=O) groups is 2. The molecule has 21 heavy (non-hydrogen) atoms. The third kappa shape index (κ3) is 3.21. The molecule has 1 N–H and O–H groups in total. The molecule has 1 heterocycles. The molecule has 1 saturated heterocycles. The van der Waals surface area contributed by atoms with Gasteiger partial charge >= 0.3 is 0 Å². The topological polar surface area (TPSA) is 58.6 Å². The van der Waals surface area contributed by atoms with E-state index < -0.39 is 35.1 Å². The van der Waals surface area contributed by atoms with Crippen molar-refractivity contribution in [1.82, 2.24) is 10.2 Å². The first-order valence-electron chi connectivity index (χ1n) is 6.20. The first-order chi connectivity index (χ1) is 9.95. The summed E-state index contributed by atoms with van der Waals surface area (Å²) in [4.78, 5) is 25.3. The number of ether oxygens (including phenoxy) is 1. The molecule has 2 rings (SSSR count). The summed E-state index contributed by atoms with van der Waals surface area (Å²) >= 11 is 2.95. The third-order valence-electron chi connectivity index (χ3n) is 3.16. The average molecular weight is 363 g/mol. The van der Waals surface area contributed by atoms with Crippen molar-refractivity contribution in [2.45, 2.75) is 6.04 Å². The molecule has 1 aromatic carbocycles. The number of nitrogens with one attached hydrogen (secondary N) is 1. The molecule has 1 aliphatic rings. The Balaban J connectivity index is 2.36. The van der Waals surface area contributed by atoms with Crippen LogP contribution in [0.15, 0.2) is 16.6 Å². The Hall–Kier alpha value is -1.54. The molecule has 0 radical (unpaired) electrons. The number of hydrogen-bond acceptors (Lipinski definition) is 3.